The van der Waals surface area contributed by atoms with Crippen LogP contribution in [0.15, 0.2) is 10.2 Å². The van der Waals surface area contributed by atoms with Gasteiger partial charge in [0.2, 0.25) is 0 Å². The SMILES string of the molecule is CC1(C)N=NC1(C)C. The number of azo groups is 1. The van der Waals surface area contributed by atoms with Crippen LogP contribution in [0.3, 0.4) is 0 Å². The Hall–Kier alpha value is -0.400. The molecule has 0 N–H and O–H groups in total. The van der Waals surface area contributed by atoms with Crippen LogP contribution >= 0.6 is 0 Å². The van der Waals surface area contributed by atoms with Crippen molar-refractivity contribution in [1.82, 2.24) is 0 Å². The predicted molar refractivity (Wildman–Crippen MR) is 33.0 cm³/mol. The monoisotopic (exact) mass is 112 g/mol. The Kier molecular flexibility index (Phi) is 0.802. The van der Waals surface area contributed by atoms with E-state index < -0.39 is 0 Å². The van der Waals surface area contributed by atoms with E-state index in [1.165, 1.54) is 0 Å². The van der Waals surface area contributed by atoms with Gasteiger partial charge in [-0.25, -0.2) is 0 Å². The summed E-state index contributed by atoms with van der Waals surface area (Å²) in [6.45, 7) is 8.39. The molecule has 0 fully saturated rings. The second-order valence-electron chi connectivity index (χ2n) is 3.32. The van der Waals surface area contributed by atoms with Gasteiger partial charge in [-0.1, -0.05) is 0 Å². The van der Waals surface area contributed by atoms with Crippen LogP contribution in [0.4, 0.5) is 0 Å². The summed E-state index contributed by atoms with van der Waals surface area (Å²) in [7, 11) is 0. The van der Waals surface area contributed by atoms with E-state index in [9.17, 15) is 0 Å². The van der Waals surface area contributed by atoms with Crippen molar-refractivity contribution in [3.05, 3.63) is 0 Å². The Morgan fingerprint density at radius 2 is 1.00 bits per heavy atom. The molecule has 0 aromatic rings. The first-order valence-electron chi connectivity index (χ1n) is 2.90. The van der Waals surface area contributed by atoms with Gasteiger partial charge in [0.05, 0.1) is 0 Å². The zero-order valence-corrected chi connectivity index (χ0v) is 5.89. The molecule has 8 heavy (non-hydrogen) atoms. The van der Waals surface area contributed by atoms with Gasteiger partial charge in [-0.2, -0.15) is 10.2 Å². The van der Waals surface area contributed by atoms with Crippen molar-refractivity contribution >= 4 is 0 Å². The van der Waals surface area contributed by atoms with E-state index >= 15 is 0 Å². The molecule has 0 atom stereocenters. The number of hydrogen-bond acceptors (Lipinski definition) is 2. The molecule has 0 aromatic heterocycles. The minimum atomic E-state index is 0.0764. The van der Waals surface area contributed by atoms with E-state index in [1.807, 2.05) is 0 Å². The van der Waals surface area contributed by atoms with Crippen molar-refractivity contribution in [2.24, 2.45) is 10.2 Å². The van der Waals surface area contributed by atoms with Gasteiger partial charge in [0.25, 0.3) is 0 Å². The van der Waals surface area contributed by atoms with Gasteiger partial charge in [0, 0.05) is 0 Å². The van der Waals surface area contributed by atoms with Crippen LogP contribution in [0, 0.1) is 0 Å². The maximum Gasteiger partial charge on any atom is 0.102 e. The van der Waals surface area contributed by atoms with Gasteiger partial charge in [-0.05, 0) is 27.7 Å². The second kappa shape index (κ2) is 1.12. The number of hydrogen-bond donors (Lipinski definition) is 0. The van der Waals surface area contributed by atoms with Crippen LogP contribution in [-0.4, -0.2) is 11.1 Å². The summed E-state index contributed by atoms with van der Waals surface area (Å²) in [5.41, 5.74) is 0.153. The van der Waals surface area contributed by atoms with E-state index in [1.54, 1.807) is 0 Å². The van der Waals surface area contributed by atoms with Gasteiger partial charge < -0.3 is 0 Å². The fourth-order valence-electron chi connectivity index (χ4n) is 0.450. The molecule has 2 nitrogen and oxygen atoms in total. The zero-order valence-electron chi connectivity index (χ0n) is 5.89. The first kappa shape index (κ1) is 5.73. The number of nitrogens with zero attached hydrogens (tertiary/aromatic N) is 2. The smallest absolute Gasteiger partial charge is 0.102 e. The first-order chi connectivity index (χ1) is 3.46. The third-order valence-electron chi connectivity index (χ3n) is 2.05. The molecule has 0 radical (unpaired) electrons. The van der Waals surface area contributed by atoms with E-state index in [4.69, 9.17) is 0 Å². The molecular weight excluding hydrogens is 100 g/mol. The van der Waals surface area contributed by atoms with Gasteiger partial charge in [0.15, 0.2) is 0 Å². The summed E-state index contributed by atoms with van der Waals surface area (Å²) >= 11 is 0. The van der Waals surface area contributed by atoms with Gasteiger partial charge in [-0.3, -0.25) is 0 Å². The number of rotatable bonds is 0. The highest BCUT2D eigenvalue weighted by Crippen LogP contribution is 2.37. The van der Waals surface area contributed by atoms with Crippen LogP contribution in [-0.2, 0) is 0 Å². The highest BCUT2D eigenvalue weighted by atomic mass is 15.3. The van der Waals surface area contributed by atoms with E-state index in [-0.39, 0.29) is 11.1 Å². The molecule has 0 aromatic carbocycles. The van der Waals surface area contributed by atoms with Crippen molar-refractivity contribution < 1.29 is 0 Å². The Morgan fingerprint density at radius 1 is 0.750 bits per heavy atom. The maximum atomic E-state index is 3.98. The highest BCUT2D eigenvalue weighted by Gasteiger charge is 2.44. The van der Waals surface area contributed by atoms with Gasteiger partial charge in [-0.15, -0.1) is 0 Å². The zero-order chi connectivity index (χ0) is 6.41. The molecule has 0 spiro atoms. The van der Waals surface area contributed by atoms with Crippen LogP contribution in [0.1, 0.15) is 27.7 Å². The lowest BCUT2D eigenvalue weighted by Crippen LogP contribution is -2.48. The van der Waals surface area contributed by atoms with Crippen LogP contribution in [0.2, 0.25) is 0 Å². The molecule has 0 amide bonds. The maximum absolute atomic E-state index is 3.98. The standard InChI is InChI=1S/C6H12N2/c1-5(2)6(3,4)8-7-5/h1-4H3. The summed E-state index contributed by atoms with van der Waals surface area (Å²) in [4.78, 5) is 0. The Bertz CT molecular complexity index is 117. The highest BCUT2D eigenvalue weighted by molar-refractivity contribution is 5.05. The summed E-state index contributed by atoms with van der Waals surface area (Å²) in [5, 5.41) is 7.96. The third kappa shape index (κ3) is 0.487. The lowest BCUT2D eigenvalue weighted by molar-refractivity contribution is 0.204. The molecule has 0 aliphatic carbocycles. The fourth-order valence-corrected chi connectivity index (χ4v) is 0.450. The second-order valence-corrected chi connectivity index (χ2v) is 3.32. The molecule has 2 heteroatoms. The minimum Gasteiger partial charge on any atom is -0.185 e. The summed E-state index contributed by atoms with van der Waals surface area (Å²) in [6, 6.07) is 0. The molecule has 1 rings (SSSR count). The first-order valence-corrected chi connectivity index (χ1v) is 2.90. The molecule has 0 saturated heterocycles. The molecule has 0 unspecified atom stereocenters. The largest absolute Gasteiger partial charge is 0.185 e. The normalized spacial score (nSPS) is 29.5. The Morgan fingerprint density at radius 3 is 1.00 bits per heavy atom. The average Bonchev–Trinajstić information content (AvgIpc) is 1.64. The topological polar surface area (TPSA) is 24.7 Å². The van der Waals surface area contributed by atoms with Crippen LogP contribution in [0.25, 0.3) is 0 Å². The predicted octanol–water partition coefficient (Wildman–Crippen LogP) is 2.01. The molecule has 0 saturated carbocycles. The molecule has 1 heterocycles. The van der Waals surface area contributed by atoms with E-state index in [0.29, 0.717) is 0 Å². The van der Waals surface area contributed by atoms with E-state index in [2.05, 4.69) is 37.9 Å². The quantitative estimate of drug-likeness (QED) is 0.458. The summed E-state index contributed by atoms with van der Waals surface area (Å²) in [5.74, 6) is 0. The van der Waals surface area contributed by atoms with Crippen molar-refractivity contribution in [3.63, 3.8) is 0 Å². The van der Waals surface area contributed by atoms with Crippen molar-refractivity contribution in [3.8, 4) is 0 Å². The van der Waals surface area contributed by atoms with Gasteiger partial charge in [0.1, 0.15) is 11.1 Å². The average molecular weight is 112 g/mol. The Labute approximate surface area is 50.0 Å². The lowest BCUT2D eigenvalue weighted by Gasteiger charge is -2.40. The lowest BCUT2D eigenvalue weighted by atomic mass is 9.82. The van der Waals surface area contributed by atoms with E-state index in [0.717, 1.165) is 0 Å². The molecule has 1 aliphatic rings. The summed E-state index contributed by atoms with van der Waals surface area (Å²) < 4.78 is 0. The third-order valence-corrected chi connectivity index (χ3v) is 2.05. The Balaban J connectivity index is 2.82. The van der Waals surface area contributed by atoms with Crippen molar-refractivity contribution in [1.29, 1.82) is 0 Å². The summed E-state index contributed by atoms with van der Waals surface area (Å²) in [6.07, 6.45) is 0. The van der Waals surface area contributed by atoms with Crippen molar-refractivity contribution in [2.75, 3.05) is 0 Å². The van der Waals surface area contributed by atoms with Gasteiger partial charge >= 0.3 is 0 Å². The van der Waals surface area contributed by atoms with Crippen molar-refractivity contribution in [2.45, 2.75) is 38.8 Å². The molecule has 46 valence electrons. The van der Waals surface area contributed by atoms with Crippen LogP contribution in [0.5, 0.6) is 0 Å². The van der Waals surface area contributed by atoms with Crippen LogP contribution < -0.4 is 0 Å². The minimum absolute atomic E-state index is 0.0764. The molecule has 1 aliphatic heterocycles. The molecule has 0 bridgehead atoms. The fraction of sp³-hybridized carbons (Fsp3) is 1.00. The molecular formula is C6H12N2.